The number of ether oxygens (including phenoxy) is 1. The van der Waals surface area contributed by atoms with Gasteiger partial charge in [-0.2, -0.15) is 0 Å². The number of hydrogen-bond acceptors (Lipinski definition) is 5. The van der Waals surface area contributed by atoms with Gasteiger partial charge in [0.05, 0.1) is 18.6 Å². The fraction of sp³-hybridized carbons (Fsp3) is 0.393. The van der Waals surface area contributed by atoms with E-state index in [0.717, 1.165) is 11.1 Å². The molecule has 2 aromatic carbocycles. The fourth-order valence-corrected chi connectivity index (χ4v) is 4.10. The molecule has 0 bridgehead atoms. The first-order valence-electron chi connectivity index (χ1n) is 12.0. The van der Waals surface area contributed by atoms with E-state index in [1.54, 1.807) is 19.9 Å². The fourth-order valence-electron chi connectivity index (χ4n) is 4.10. The highest BCUT2D eigenvalue weighted by Crippen LogP contribution is 2.26. The Morgan fingerprint density at radius 3 is 2.34 bits per heavy atom. The molecular formula is C28H34N2O5. The third-order valence-corrected chi connectivity index (χ3v) is 6.11. The molecule has 186 valence electrons. The Morgan fingerprint density at radius 1 is 1.06 bits per heavy atom. The predicted octanol–water partition coefficient (Wildman–Crippen LogP) is 3.10. The molecule has 35 heavy (non-hydrogen) atoms. The first kappa shape index (κ1) is 26.2. The smallest absolute Gasteiger partial charge is 0.310 e. The highest BCUT2D eigenvalue weighted by atomic mass is 16.5. The van der Waals surface area contributed by atoms with Crippen molar-refractivity contribution in [3.8, 4) is 0 Å². The molecule has 1 heterocycles. The maximum atomic E-state index is 13.3. The molecule has 0 spiro atoms. The quantitative estimate of drug-likeness (QED) is 0.336. The Morgan fingerprint density at radius 2 is 1.69 bits per heavy atom. The van der Waals surface area contributed by atoms with E-state index in [1.807, 2.05) is 66.7 Å². The van der Waals surface area contributed by atoms with Crippen molar-refractivity contribution in [3.63, 3.8) is 0 Å². The number of carbonyl (C=O) groups excluding carboxylic acids is 3. The monoisotopic (exact) mass is 478 g/mol. The standard InChI is InChI=1S/C28H34N2O5/c1-19(18-31)29-26(32)24-16-10-9-15-23(17-21-11-5-3-6-12-21)28(34)35-25(20(2)30-27(24)33)22-13-7-4-8-14-22/h3-14,19-20,23-25,31H,15-18H2,1-2H3,(H,29,32)(H,30,33)/t19-,20?,23?,24?,25?/m1/s1. The molecular weight excluding hydrogens is 444 g/mol. The maximum Gasteiger partial charge on any atom is 0.310 e. The molecule has 7 heteroatoms. The summed E-state index contributed by atoms with van der Waals surface area (Å²) in [5, 5.41) is 14.9. The van der Waals surface area contributed by atoms with Crippen molar-refractivity contribution in [2.24, 2.45) is 11.8 Å². The van der Waals surface area contributed by atoms with E-state index in [0.29, 0.717) is 12.8 Å². The Labute approximate surface area is 206 Å². The summed E-state index contributed by atoms with van der Waals surface area (Å²) in [5.74, 6) is -2.62. The molecule has 2 aromatic rings. The number of rotatable bonds is 6. The molecule has 2 amide bonds. The van der Waals surface area contributed by atoms with Gasteiger partial charge in [-0.15, -0.1) is 0 Å². The van der Waals surface area contributed by atoms with E-state index >= 15 is 0 Å². The number of benzene rings is 2. The zero-order chi connectivity index (χ0) is 25.2. The van der Waals surface area contributed by atoms with Crippen molar-refractivity contribution in [1.82, 2.24) is 10.6 Å². The van der Waals surface area contributed by atoms with Gasteiger partial charge in [0, 0.05) is 6.04 Å². The van der Waals surface area contributed by atoms with Crippen LogP contribution in [0.15, 0.2) is 72.8 Å². The average Bonchev–Trinajstić information content (AvgIpc) is 2.86. The van der Waals surface area contributed by atoms with Crippen molar-refractivity contribution in [1.29, 1.82) is 0 Å². The number of amides is 2. The highest BCUT2D eigenvalue weighted by Gasteiger charge is 2.33. The van der Waals surface area contributed by atoms with Crippen molar-refractivity contribution >= 4 is 17.8 Å². The van der Waals surface area contributed by atoms with Gasteiger partial charge < -0.3 is 20.5 Å². The Hall–Kier alpha value is -3.45. The summed E-state index contributed by atoms with van der Waals surface area (Å²) in [7, 11) is 0. The van der Waals surface area contributed by atoms with Crippen LogP contribution in [0.4, 0.5) is 0 Å². The summed E-state index contributed by atoms with van der Waals surface area (Å²) < 4.78 is 6.01. The number of esters is 1. The zero-order valence-electron chi connectivity index (χ0n) is 20.2. The molecule has 1 aliphatic rings. The van der Waals surface area contributed by atoms with Crippen molar-refractivity contribution in [2.75, 3.05) is 6.61 Å². The van der Waals surface area contributed by atoms with Crippen LogP contribution in [0.25, 0.3) is 0 Å². The zero-order valence-corrected chi connectivity index (χ0v) is 20.2. The molecule has 0 saturated heterocycles. The first-order valence-corrected chi connectivity index (χ1v) is 12.0. The van der Waals surface area contributed by atoms with Crippen LogP contribution < -0.4 is 10.6 Å². The molecule has 1 aliphatic heterocycles. The van der Waals surface area contributed by atoms with Gasteiger partial charge in [-0.25, -0.2) is 0 Å². The number of allylic oxidation sites excluding steroid dienone is 2. The Bertz CT molecular complexity index is 1010. The minimum atomic E-state index is -0.971. The molecule has 4 unspecified atom stereocenters. The van der Waals surface area contributed by atoms with Crippen LogP contribution in [0.1, 0.15) is 43.9 Å². The highest BCUT2D eigenvalue weighted by molar-refractivity contribution is 6.00. The third-order valence-electron chi connectivity index (χ3n) is 6.11. The topological polar surface area (TPSA) is 105 Å². The minimum Gasteiger partial charge on any atom is -0.455 e. The van der Waals surface area contributed by atoms with Gasteiger partial charge in [0.15, 0.2) is 0 Å². The lowest BCUT2D eigenvalue weighted by Gasteiger charge is -2.29. The van der Waals surface area contributed by atoms with E-state index in [1.165, 1.54) is 0 Å². The van der Waals surface area contributed by atoms with Gasteiger partial charge >= 0.3 is 5.97 Å². The average molecular weight is 479 g/mol. The number of cyclic esters (lactones) is 1. The van der Waals surface area contributed by atoms with Crippen LogP contribution >= 0.6 is 0 Å². The molecule has 5 atom stereocenters. The van der Waals surface area contributed by atoms with Gasteiger partial charge in [-0.1, -0.05) is 72.8 Å². The SMILES string of the molecule is CC1NC(=O)C(C(=O)N[C@H](C)CO)CC=CCC(Cc2ccccc2)C(=O)OC1c1ccccc1. The van der Waals surface area contributed by atoms with Crippen LogP contribution in [0.5, 0.6) is 0 Å². The van der Waals surface area contributed by atoms with Crippen molar-refractivity contribution in [3.05, 3.63) is 83.9 Å². The summed E-state index contributed by atoms with van der Waals surface area (Å²) in [6.45, 7) is 3.21. The summed E-state index contributed by atoms with van der Waals surface area (Å²) in [6, 6.07) is 18.0. The molecule has 0 aromatic heterocycles. The first-order chi connectivity index (χ1) is 16.9. The molecule has 0 fully saturated rings. The summed E-state index contributed by atoms with van der Waals surface area (Å²) in [4.78, 5) is 39.2. The lowest BCUT2D eigenvalue weighted by molar-refractivity contribution is -0.157. The second-order valence-corrected chi connectivity index (χ2v) is 9.04. The summed E-state index contributed by atoms with van der Waals surface area (Å²) in [5.41, 5.74) is 1.79. The van der Waals surface area contributed by atoms with E-state index in [9.17, 15) is 19.5 Å². The lowest BCUT2D eigenvalue weighted by Crippen LogP contribution is -2.48. The van der Waals surface area contributed by atoms with Crippen LogP contribution in [0.3, 0.4) is 0 Å². The largest absolute Gasteiger partial charge is 0.455 e. The van der Waals surface area contributed by atoms with Gasteiger partial charge in [0.2, 0.25) is 11.8 Å². The van der Waals surface area contributed by atoms with Crippen LogP contribution in [0.2, 0.25) is 0 Å². The van der Waals surface area contributed by atoms with Gasteiger partial charge in [0.25, 0.3) is 0 Å². The van der Waals surface area contributed by atoms with Crippen LogP contribution in [-0.4, -0.2) is 41.6 Å². The van der Waals surface area contributed by atoms with E-state index < -0.39 is 41.8 Å². The van der Waals surface area contributed by atoms with E-state index in [-0.39, 0.29) is 19.0 Å². The molecule has 0 saturated carbocycles. The minimum absolute atomic E-state index is 0.186. The molecule has 0 aliphatic carbocycles. The number of hydrogen-bond donors (Lipinski definition) is 3. The van der Waals surface area contributed by atoms with Gasteiger partial charge in [-0.3, -0.25) is 14.4 Å². The van der Waals surface area contributed by atoms with Crippen LogP contribution in [-0.2, 0) is 25.5 Å². The summed E-state index contributed by atoms with van der Waals surface area (Å²) >= 11 is 0. The second kappa shape index (κ2) is 12.9. The molecule has 7 nitrogen and oxygen atoms in total. The lowest BCUT2D eigenvalue weighted by atomic mass is 9.94. The van der Waals surface area contributed by atoms with Crippen LogP contribution in [0, 0.1) is 11.8 Å². The summed E-state index contributed by atoms with van der Waals surface area (Å²) in [6.07, 6.45) is 4.01. The number of carbonyl (C=O) groups is 3. The molecule has 3 N–H and O–H groups in total. The van der Waals surface area contributed by atoms with Gasteiger partial charge in [-0.05, 0) is 44.2 Å². The number of aliphatic hydroxyl groups is 1. The number of nitrogens with one attached hydrogen (secondary N) is 2. The van der Waals surface area contributed by atoms with Gasteiger partial charge in [0.1, 0.15) is 12.0 Å². The molecule has 3 rings (SSSR count). The van der Waals surface area contributed by atoms with E-state index in [4.69, 9.17) is 4.74 Å². The van der Waals surface area contributed by atoms with Crippen molar-refractivity contribution in [2.45, 2.75) is 51.3 Å². The third kappa shape index (κ3) is 7.52. The maximum absolute atomic E-state index is 13.3. The number of aliphatic hydroxyl groups excluding tert-OH is 1. The Balaban J connectivity index is 1.91. The van der Waals surface area contributed by atoms with E-state index in [2.05, 4.69) is 10.6 Å². The normalized spacial score (nSPS) is 24.3. The predicted molar refractivity (Wildman–Crippen MR) is 133 cm³/mol. The molecule has 0 radical (unpaired) electrons. The van der Waals surface area contributed by atoms with Crippen molar-refractivity contribution < 1.29 is 24.2 Å². The second-order valence-electron chi connectivity index (χ2n) is 9.04. The Kier molecular flexibility index (Phi) is 9.61.